The van der Waals surface area contributed by atoms with Gasteiger partial charge in [0.15, 0.2) is 0 Å². The highest BCUT2D eigenvalue weighted by atomic mass is 32.2. The maximum absolute atomic E-state index is 12.3. The molecule has 0 bridgehead atoms. The topological polar surface area (TPSA) is 79.4 Å². The second-order valence-corrected chi connectivity index (χ2v) is 8.16. The first-order chi connectivity index (χ1) is 10.5. The largest absolute Gasteiger partial charge is 0.343 e. The van der Waals surface area contributed by atoms with E-state index in [0.29, 0.717) is 19.6 Å². The fraction of sp³-hybridized carbons (Fsp3) is 0.429. The van der Waals surface area contributed by atoms with Crippen molar-refractivity contribution in [1.29, 1.82) is 0 Å². The number of thiophene rings is 1. The number of nitrogens with zero attached hydrogens (tertiary/aromatic N) is 2. The third-order valence-corrected chi connectivity index (χ3v) is 6.12. The van der Waals surface area contributed by atoms with Crippen LogP contribution in [0.15, 0.2) is 28.6 Å². The smallest absolute Gasteiger partial charge is 0.242 e. The number of fused-ring (bicyclic) bond motifs is 1. The number of hydrogen-bond acceptors (Lipinski definition) is 5. The summed E-state index contributed by atoms with van der Waals surface area (Å²) < 4.78 is 28.2. The zero-order chi connectivity index (χ0) is 15.7. The third-order valence-electron chi connectivity index (χ3n) is 3.88. The van der Waals surface area contributed by atoms with E-state index in [1.807, 2.05) is 11.4 Å². The SMILES string of the molecule is CC(=O)N1CC[C@@H](CNS(=O)(=O)c2cnc3ccsc3c2)C1. The molecule has 0 aliphatic carbocycles. The van der Waals surface area contributed by atoms with Gasteiger partial charge in [0.25, 0.3) is 0 Å². The Kier molecular flexibility index (Phi) is 4.16. The van der Waals surface area contributed by atoms with Crippen molar-refractivity contribution in [1.82, 2.24) is 14.6 Å². The van der Waals surface area contributed by atoms with Crippen molar-refractivity contribution in [2.24, 2.45) is 5.92 Å². The average Bonchev–Trinajstić information content (AvgIpc) is 3.13. The standard InChI is InChI=1S/C14H17N3O3S2/c1-10(18)17-4-2-11(9-17)7-16-22(19,20)12-6-14-13(15-8-12)3-5-21-14/h3,5-6,8,11,16H,2,4,7,9H2,1H3/t11-/m0/s1. The number of carbonyl (C=O) groups excluding carboxylic acids is 1. The number of sulfonamides is 1. The molecule has 3 heterocycles. The molecule has 3 rings (SSSR count). The Morgan fingerprint density at radius 1 is 1.55 bits per heavy atom. The Labute approximate surface area is 133 Å². The van der Waals surface area contributed by atoms with Crippen LogP contribution in [0.1, 0.15) is 13.3 Å². The minimum Gasteiger partial charge on any atom is -0.343 e. The lowest BCUT2D eigenvalue weighted by atomic mass is 10.1. The Hall–Kier alpha value is -1.51. The number of hydrogen-bond donors (Lipinski definition) is 1. The molecule has 22 heavy (non-hydrogen) atoms. The van der Waals surface area contributed by atoms with Crippen LogP contribution in [-0.4, -0.2) is 43.8 Å². The minimum absolute atomic E-state index is 0.0395. The third kappa shape index (κ3) is 3.13. The van der Waals surface area contributed by atoms with Gasteiger partial charge in [-0.1, -0.05) is 0 Å². The Bertz CT molecular complexity index is 801. The summed E-state index contributed by atoms with van der Waals surface area (Å²) in [4.78, 5) is 17.4. The van der Waals surface area contributed by atoms with Crippen molar-refractivity contribution in [3.8, 4) is 0 Å². The molecule has 1 atom stereocenters. The van der Waals surface area contributed by atoms with E-state index in [9.17, 15) is 13.2 Å². The molecule has 0 aromatic carbocycles. The highest BCUT2D eigenvalue weighted by molar-refractivity contribution is 7.89. The van der Waals surface area contributed by atoms with Crippen LogP contribution in [0, 0.1) is 5.92 Å². The quantitative estimate of drug-likeness (QED) is 0.914. The van der Waals surface area contributed by atoms with Crippen LogP contribution >= 0.6 is 11.3 Å². The number of amides is 1. The van der Waals surface area contributed by atoms with E-state index in [1.54, 1.807) is 11.0 Å². The molecule has 1 N–H and O–H groups in total. The second-order valence-electron chi connectivity index (χ2n) is 5.45. The van der Waals surface area contributed by atoms with Gasteiger partial charge in [0.1, 0.15) is 4.90 Å². The van der Waals surface area contributed by atoms with Gasteiger partial charge in [-0.25, -0.2) is 13.1 Å². The molecule has 1 saturated heterocycles. The molecule has 2 aromatic heterocycles. The highest BCUT2D eigenvalue weighted by Gasteiger charge is 2.26. The monoisotopic (exact) mass is 339 g/mol. The molecule has 0 unspecified atom stereocenters. The van der Waals surface area contributed by atoms with Gasteiger partial charge in [0.2, 0.25) is 15.9 Å². The number of aromatic nitrogens is 1. The lowest BCUT2D eigenvalue weighted by Gasteiger charge is -2.14. The molecule has 8 heteroatoms. The van der Waals surface area contributed by atoms with Crippen LogP contribution in [0.4, 0.5) is 0 Å². The number of carbonyl (C=O) groups is 1. The van der Waals surface area contributed by atoms with Crippen molar-refractivity contribution < 1.29 is 13.2 Å². The van der Waals surface area contributed by atoms with Crippen molar-refractivity contribution in [2.75, 3.05) is 19.6 Å². The van der Waals surface area contributed by atoms with Crippen LogP contribution in [0.5, 0.6) is 0 Å². The van der Waals surface area contributed by atoms with Gasteiger partial charge in [0, 0.05) is 32.8 Å². The van der Waals surface area contributed by atoms with Gasteiger partial charge in [-0.3, -0.25) is 9.78 Å². The summed E-state index contributed by atoms with van der Waals surface area (Å²) in [6.07, 6.45) is 2.21. The molecule has 1 aliphatic heterocycles. The fourth-order valence-corrected chi connectivity index (χ4v) is 4.51. The first kappa shape index (κ1) is 15.4. The molecule has 2 aromatic rings. The lowest BCUT2D eigenvalue weighted by molar-refractivity contribution is -0.127. The van der Waals surface area contributed by atoms with E-state index in [0.717, 1.165) is 16.6 Å². The summed E-state index contributed by atoms with van der Waals surface area (Å²) in [5.74, 6) is 0.204. The van der Waals surface area contributed by atoms with Gasteiger partial charge in [0.05, 0.1) is 10.2 Å². The summed E-state index contributed by atoms with van der Waals surface area (Å²) >= 11 is 1.47. The minimum atomic E-state index is -3.56. The first-order valence-electron chi connectivity index (χ1n) is 7.04. The highest BCUT2D eigenvalue weighted by Crippen LogP contribution is 2.22. The lowest BCUT2D eigenvalue weighted by Crippen LogP contribution is -2.32. The molecular weight excluding hydrogens is 322 g/mol. The molecule has 0 saturated carbocycles. The van der Waals surface area contributed by atoms with Crippen molar-refractivity contribution in [2.45, 2.75) is 18.2 Å². The van der Waals surface area contributed by atoms with E-state index in [4.69, 9.17) is 0 Å². The molecule has 1 aliphatic rings. The Morgan fingerprint density at radius 3 is 3.09 bits per heavy atom. The molecule has 118 valence electrons. The second kappa shape index (κ2) is 5.94. The summed E-state index contributed by atoms with van der Waals surface area (Å²) in [5, 5.41) is 1.89. The van der Waals surface area contributed by atoms with Crippen LogP contribution in [0.2, 0.25) is 0 Å². The van der Waals surface area contributed by atoms with Crippen LogP contribution in [0.25, 0.3) is 10.2 Å². The van der Waals surface area contributed by atoms with Crippen LogP contribution in [0.3, 0.4) is 0 Å². The normalized spacial score (nSPS) is 19.0. The molecule has 0 radical (unpaired) electrons. The van der Waals surface area contributed by atoms with Gasteiger partial charge >= 0.3 is 0 Å². The number of likely N-dealkylation sites (tertiary alicyclic amines) is 1. The Morgan fingerprint density at radius 2 is 2.36 bits per heavy atom. The predicted molar refractivity (Wildman–Crippen MR) is 85.2 cm³/mol. The number of pyridine rings is 1. The van der Waals surface area contributed by atoms with E-state index in [2.05, 4.69) is 9.71 Å². The van der Waals surface area contributed by atoms with Crippen molar-refractivity contribution in [3.05, 3.63) is 23.7 Å². The van der Waals surface area contributed by atoms with Crippen LogP contribution in [-0.2, 0) is 14.8 Å². The summed E-state index contributed by atoms with van der Waals surface area (Å²) in [6.45, 7) is 3.19. The maximum Gasteiger partial charge on any atom is 0.242 e. The molecule has 1 amide bonds. The zero-order valence-electron chi connectivity index (χ0n) is 12.2. The van der Waals surface area contributed by atoms with Gasteiger partial charge in [-0.05, 0) is 29.9 Å². The fourth-order valence-electron chi connectivity index (χ4n) is 2.57. The first-order valence-corrected chi connectivity index (χ1v) is 9.40. The molecule has 0 spiro atoms. The number of rotatable bonds is 4. The zero-order valence-corrected chi connectivity index (χ0v) is 13.8. The van der Waals surface area contributed by atoms with Crippen molar-refractivity contribution >= 4 is 37.5 Å². The van der Waals surface area contributed by atoms with Gasteiger partial charge < -0.3 is 4.90 Å². The van der Waals surface area contributed by atoms with E-state index < -0.39 is 10.0 Å². The predicted octanol–water partition coefficient (Wildman–Crippen LogP) is 1.44. The molecule has 6 nitrogen and oxygen atoms in total. The average molecular weight is 339 g/mol. The maximum atomic E-state index is 12.3. The molecular formula is C14H17N3O3S2. The summed E-state index contributed by atoms with van der Waals surface area (Å²) in [5.41, 5.74) is 0.803. The number of nitrogens with one attached hydrogen (secondary N) is 1. The van der Waals surface area contributed by atoms with Crippen LogP contribution < -0.4 is 4.72 Å². The van der Waals surface area contributed by atoms with Gasteiger partial charge in [-0.15, -0.1) is 11.3 Å². The van der Waals surface area contributed by atoms with Gasteiger partial charge in [-0.2, -0.15) is 0 Å². The van der Waals surface area contributed by atoms with Crippen molar-refractivity contribution in [3.63, 3.8) is 0 Å². The van der Waals surface area contributed by atoms with E-state index in [1.165, 1.54) is 24.5 Å². The summed E-state index contributed by atoms with van der Waals surface area (Å²) in [6, 6.07) is 3.50. The van der Waals surface area contributed by atoms with E-state index in [-0.39, 0.29) is 16.7 Å². The van der Waals surface area contributed by atoms with E-state index >= 15 is 0 Å². The Balaban J connectivity index is 1.67. The molecule has 1 fully saturated rings. The summed E-state index contributed by atoms with van der Waals surface area (Å²) in [7, 11) is -3.56.